The monoisotopic (exact) mass is 214 g/mol. The molecule has 1 heterocycles. The molecule has 1 aliphatic heterocycles. The van der Waals surface area contributed by atoms with Gasteiger partial charge in [0, 0.05) is 45.4 Å². The molecule has 2 atom stereocenters. The van der Waals surface area contributed by atoms with E-state index in [1.807, 2.05) is 0 Å². The molecule has 3 nitrogen and oxygen atoms in total. The van der Waals surface area contributed by atoms with Gasteiger partial charge in [-0.05, 0) is 19.3 Å². The van der Waals surface area contributed by atoms with Crippen LogP contribution in [0.3, 0.4) is 0 Å². The zero-order valence-electron chi connectivity index (χ0n) is 10.7. The van der Waals surface area contributed by atoms with Crippen molar-refractivity contribution in [3.05, 3.63) is 0 Å². The van der Waals surface area contributed by atoms with Crippen LogP contribution in [0.25, 0.3) is 0 Å². The lowest BCUT2D eigenvalue weighted by Crippen LogP contribution is -2.59. The number of piperazine rings is 1. The van der Waals surface area contributed by atoms with Gasteiger partial charge in [-0.15, -0.1) is 0 Å². The fourth-order valence-electron chi connectivity index (χ4n) is 2.31. The highest BCUT2D eigenvalue weighted by Gasteiger charge is 2.28. The maximum absolute atomic E-state index is 5.18. The van der Waals surface area contributed by atoms with E-state index in [1.165, 1.54) is 13.0 Å². The van der Waals surface area contributed by atoms with Gasteiger partial charge in [0.05, 0.1) is 0 Å². The summed E-state index contributed by atoms with van der Waals surface area (Å²) in [5, 5.41) is 3.61. The fourth-order valence-corrected chi connectivity index (χ4v) is 2.31. The predicted octanol–water partition coefficient (Wildman–Crippen LogP) is 1.34. The first-order valence-electron chi connectivity index (χ1n) is 6.06. The maximum Gasteiger partial charge on any atom is 0.0500 e. The molecule has 0 bridgehead atoms. The van der Waals surface area contributed by atoms with Gasteiger partial charge in [-0.25, -0.2) is 0 Å². The van der Waals surface area contributed by atoms with E-state index in [1.54, 1.807) is 7.11 Å². The van der Waals surface area contributed by atoms with Crippen molar-refractivity contribution in [2.75, 3.05) is 39.9 Å². The molecule has 0 saturated carbocycles. The molecule has 0 radical (unpaired) electrons. The Bertz CT molecular complexity index is 186. The zero-order valence-corrected chi connectivity index (χ0v) is 10.7. The Labute approximate surface area is 94.2 Å². The summed E-state index contributed by atoms with van der Waals surface area (Å²) in [4.78, 5) is 2.56. The van der Waals surface area contributed by atoms with Crippen LogP contribution in [-0.2, 0) is 4.74 Å². The molecule has 15 heavy (non-hydrogen) atoms. The summed E-state index contributed by atoms with van der Waals surface area (Å²) in [6.07, 6.45) is 1.20. The van der Waals surface area contributed by atoms with Crippen LogP contribution >= 0.6 is 0 Å². The molecule has 1 rings (SSSR count). The summed E-state index contributed by atoms with van der Waals surface area (Å²) in [5.74, 6) is 0.634. The summed E-state index contributed by atoms with van der Waals surface area (Å²) in [7, 11) is 1.78. The van der Waals surface area contributed by atoms with Crippen molar-refractivity contribution in [3.63, 3.8) is 0 Å². The zero-order chi connectivity index (χ0) is 11.3. The third-order valence-electron chi connectivity index (χ3n) is 3.35. The molecule has 1 N–H and O–H groups in total. The Balaban J connectivity index is 2.36. The van der Waals surface area contributed by atoms with E-state index in [0.717, 1.165) is 26.2 Å². The number of methoxy groups -OCH3 is 1. The smallest absolute Gasteiger partial charge is 0.0500 e. The lowest BCUT2D eigenvalue weighted by atomic mass is 9.95. The van der Waals surface area contributed by atoms with E-state index in [9.17, 15) is 0 Å². The Kier molecular flexibility index (Phi) is 5.03. The van der Waals surface area contributed by atoms with Gasteiger partial charge in [-0.2, -0.15) is 0 Å². The highest BCUT2D eigenvalue weighted by atomic mass is 16.5. The second kappa shape index (κ2) is 5.83. The summed E-state index contributed by atoms with van der Waals surface area (Å²) in [5.41, 5.74) is 0.311. The normalized spacial score (nSPS) is 30.4. The highest BCUT2D eigenvalue weighted by Crippen LogP contribution is 2.16. The van der Waals surface area contributed by atoms with Crippen molar-refractivity contribution in [2.45, 2.75) is 32.7 Å². The van der Waals surface area contributed by atoms with Crippen LogP contribution < -0.4 is 5.32 Å². The third-order valence-corrected chi connectivity index (χ3v) is 3.35. The van der Waals surface area contributed by atoms with Crippen LogP contribution in [-0.4, -0.2) is 50.3 Å². The molecule has 3 heteroatoms. The topological polar surface area (TPSA) is 24.5 Å². The summed E-state index contributed by atoms with van der Waals surface area (Å²) < 4.78 is 5.18. The van der Waals surface area contributed by atoms with Crippen LogP contribution in [0.15, 0.2) is 0 Å². The predicted molar refractivity (Wildman–Crippen MR) is 64.2 cm³/mol. The van der Waals surface area contributed by atoms with Crippen LogP contribution in [0, 0.1) is 5.92 Å². The molecule has 1 saturated heterocycles. The van der Waals surface area contributed by atoms with Gasteiger partial charge in [-0.1, -0.05) is 13.8 Å². The first kappa shape index (κ1) is 12.9. The van der Waals surface area contributed by atoms with Gasteiger partial charge in [0.2, 0.25) is 0 Å². The SMILES string of the molecule is CCC1(C)CN(CC(C)COC)CCN1. The summed E-state index contributed by atoms with van der Waals surface area (Å²) >= 11 is 0. The first-order chi connectivity index (χ1) is 7.09. The molecule has 0 aromatic rings. The number of ether oxygens (including phenoxy) is 1. The maximum atomic E-state index is 5.18. The van der Waals surface area contributed by atoms with Gasteiger partial charge in [-0.3, -0.25) is 4.90 Å². The van der Waals surface area contributed by atoms with Gasteiger partial charge in [0.1, 0.15) is 0 Å². The molecule has 0 aliphatic carbocycles. The standard InChI is InChI=1S/C12H26N2O/c1-5-12(3)10-14(7-6-13-12)8-11(2)9-15-4/h11,13H,5-10H2,1-4H3. The molecule has 1 aliphatic rings. The summed E-state index contributed by atoms with van der Waals surface area (Å²) in [6, 6.07) is 0. The summed E-state index contributed by atoms with van der Waals surface area (Å²) in [6.45, 7) is 12.3. The van der Waals surface area contributed by atoms with Crippen molar-refractivity contribution in [3.8, 4) is 0 Å². The molecule has 0 amide bonds. The van der Waals surface area contributed by atoms with Crippen LogP contribution in [0.5, 0.6) is 0 Å². The number of nitrogens with one attached hydrogen (secondary N) is 1. The second-order valence-corrected chi connectivity index (χ2v) is 5.14. The number of rotatable bonds is 5. The third kappa shape index (κ3) is 4.09. The van der Waals surface area contributed by atoms with Crippen molar-refractivity contribution in [2.24, 2.45) is 5.92 Å². The van der Waals surface area contributed by atoms with E-state index < -0.39 is 0 Å². The number of hydrogen-bond acceptors (Lipinski definition) is 3. The van der Waals surface area contributed by atoms with Gasteiger partial charge >= 0.3 is 0 Å². The number of hydrogen-bond donors (Lipinski definition) is 1. The minimum absolute atomic E-state index is 0.311. The number of nitrogens with zero attached hydrogens (tertiary/aromatic N) is 1. The Morgan fingerprint density at radius 1 is 1.53 bits per heavy atom. The fraction of sp³-hybridized carbons (Fsp3) is 1.00. The molecule has 1 fully saturated rings. The highest BCUT2D eigenvalue weighted by molar-refractivity contribution is 4.89. The molecule has 2 unspecified atom stereocenters. The molecular weight excluding hydrogens is 188 g/mol. The van der Waals surface area contributed by atoms with Gasteiger partial charge < -0.3 is 10.1 Å². The molecular formula is C12H26N2O. The van der Waals surface area contributed by atoms with Crippen LogP contribution in [0.1, 0.15) is 27.2 Å². The van der Waals surface area contributed by atoms with Crippen LogP contribution in [0.2, 0.25) is 0 Å². The molecule has 0 spiro atoms. The Hall–Kier alpha value is -0.120. The quantitative estimate of drug-likeness (QED) is 0.747. The molecule has 90 valence electrons. The van der Waals surface area contributed by atoms with Gasteiger partial charge in [0.25, 0.3) is 0 Å². The van der Waals surface area contributed by atoms with E-state index in [0.29, 0.717) is 11.5 Å². The minimum Gasteiger partial charge on any atom is -0.384 e. The van der Waals surface area contributed by atoms with Crippen molar-refractivity contribution in [1.82, 2.24) is 10.2 Å². The molecule has 0 aromatic heterocycles. The van der Waals surface area contributed by atoms with Crippen molar-refractivity contribution in [1.29, 1.82) is 0 Å². The van der Waals surface area contributed by atoms with E-state index in [-0.39, 0.29) is 0 Å². The Morgan fingerprint density at radius 3 is 2.87 bits per heavy atom. The van der Waals surface area contributed by atoms with E-state index in [4.69, 9.17) is 4.74 Å². The van der Waals surface area contributed by atoms with Gasteiger partial charge in [0.15, 0.2) is 0 Å². The van der Waals surface area contributed by atoms with Crippen molar-refractivity contribution >= 4 is 0 Å². The van der Waals surface area contributed by atoms with Crippen molar-refractivity contribution < 1.29 is 4.74 Å². The minimum atomic E-state index is 0.311. The first-order valence-corrected chi connectivity index (χ1v) is 6.06. The average Bonchev–Trinajstić information content (AvgIpc) is 2.18. The molecule has 0 aromatic carbocycles. The lowest BCUT2D eigenvalue weighted by molar-refractivity contribution is 0.0922. The van der Waals surface area contributed by atoms with E-state index >= 15 is 0 Å². The second-order valence-electron chi connectivity index (χ2n) is 5.14. The average molecular weight is 214 g/mol. The van der Waals surface area contributed by atoms with E-state index in [2.05, 4.69) is 31.0 Å². The van der Waals surface area contributed by atoms with Crippen LogP contribution in [0.4, 0.5) is 0 Å². The lowest BCUT2D eigenvalue weighted by Gasteiger charge is -2.42. The largest absolute Gasteiger partial charge is 0.384 e. The Morgan fingerprint density at radius 2 is 2.27 bits per heavy atom.